The molecule has 1 aromatic rings. The van der Waals surface area contributed by atoms with Crippen LogP contribution < -0.4 is 5.32 Å². The molecule has 27 heavy (non-hydrogen) atoms. The van der Waals surface area contributed by atoms with Crippen molar-refractivity contribution in [1.29, 1.82) is 0 Å². The van der Waals surface area contributed by atoms with Gasteiger partial charge in [0.15, 0.2) is 0 Å². The molecule has 0 heterocycles. The first-order valence-corrected chi connectivity index (χ1v) is 7.21. The fourth-order valence-electron chi connectivity index (χ4n) is 1.40. The van der Waals surface area contributed by atoms with Gasteiger partial charge < -0.3 is 25.4 Å². The quantitative estimate of drug-likeness (QED) is 0.334. The summed E-state index contributed by atoms with van der Waals surface area (Å²) in [6.45, 7) is 8.27. The fraction of sp³-hybridized carbons (Fsp3) is 0.111. The number of esters is 1. The molecule has 0 atom stereocenters. The molecule has 0 saturated carbocycles. The Labute approximate surface area is 154 Å². The van der Waals surface area contributed by atoms with Crippen molar-refractivity contribution < 1.29 is 39.2 Å². The molecule has 0 saturated heterocycles. The number of aliphatic carboxylic acids is 1. The van der Waals surface area contributed by atoms with Crippen LogP contribution in [0.1, 0.15) is 17.3 Å². The van der Waals surface area contributed by atoms with Gasteiger partial charge in [0, 0.05) is 23.4 Å². The van der Waals surface area contributed by atoms with Crippen molar-refractivity contribution >= 4 is 29.5 Å². The number of hydrogen-bond acceptors (Lipinski definition) is 6. The number of amides is 1. The number of aromatic carboxylic acids is 1. The molecule has 0 radical (unpaired) electrons. The van der Waals surface area contributed by atoms with Crippen LogP contribution >= 0.6 is 0 Å². The number of phenols is 1. The molecular weight excluding hydrogens is 358 g/mol. The number of carbonyl (C=O) groups excluding carboxylic acids is 2. The van der Waals surface area contributed by atoms with E-state index in [1.807, 2.05) is 0 Å². The first-order valence-electron chi connectivity index (χ1n) is 7.21. The fourth-order valence-corrected chi connectivity index (χ4v) is 1.40. The number of benzene rings is 1. The topological polar surface area (TPSA) is 150 Å². The van der Waals surface area contributed by atoms with Crippen molar-refractivity contribution in [3.05, 3.63) is 60.2 Å². The molecule has 1 aromatic carbocycles. The highest BCUT2D eigenvalue weighted by atomic mass is 16.5. The van der Waals surface area contributed by atoms with Gasteiger partial charge >= 0.3 is 17.9 Å². The zero-order valence-electron chi connectivity index (χ0n) is 14.7. The van der Waals surface area contributed by atoms with Crippen LogP contribution in [0.2, 0.25) is 0 Å². The molecule has 9 heteroatoms. The number of hydrogen-bond donors (Lipinski definition) is 4. The van der Waals surface area contributed by atoms with Crippen LogP contribution in [0.4, 0.5) is 5.69 Å². The third-order valence-corrected chi connectivity index (χ3v) is 2.75. The van der Waals surface area contributed by atoms with Crippen molar-refractivity contribution in [2.75, 3.05) is 12.4 Å². The first kappa shape index (κ1) is 23.1. The van der Waals surface area contributed by atoms with E-state index in [4.69, 9.17) is 10.2 Å². The van der Waals surface area contributed by atoms with E-state index in [2.05, 4.69) is 23.2 Å². The minimum atomic E-state index is -1.23. The van der Waals surface area contributed by atoms with Crippen LogP contribution in [0.15, 0.2) is 54.7 Å². The maximum atomic E-state index is 11.2. The summed E-state index contributed by atoms with van der Waals surface area (Å²) in [5.74, 6) is -3.78. The molecule has 0 unspecified atom stereocenters. The van der Waals surface area contributed by atoms with Crippen LogP contribution in [0.5, 0.6) is 5.75 Å². The van der Waals surface area contributed by atoms with Crippen LogP contribution in [0.3, 0.4) is 0 Å². The Hall–Kier alpha value is -3.88. The number of methoxy groups -OCH3 is 1. The molecule has 0 aliphatic rings. The average Bonchev–Trinajstić information content (AvgIpc) is 2.59. The second-order valence-corrected chi connectivity index (χ2v) is 4.96. The van der Waals surface area contributed by atoms with Gasteiger partial charge in [0.25, 0.3) is 5.91 Å². The molecule has 9 nitrogen and oxygen atoms in total. The Kier molecular flexibility index (Phi) is 9.31. The summed E-state index contributed by atoms with van der Waals surface area (Å²) < 4.78 is 4.26. The smallest absolute Gasteiger partial charge is 0.339 e. The average molecular weight is 377 g/mol. The zero-order chi connectivity index (χ0) is 21.1. The second kappa shape index (κ2) is 10.9. The maximum absolute atomic E-state index is 11.2. The predicted octanol–water partition coefficient (Wildman–Crippen LogP) is 1.96. The van der Waals surface area contributed by atoms with E-state index < -0.39 is 23.7 Å². The number of nitrogens with one attached hydrogen (secondary N) is 1. The minimum Gasteiger partial charge on any atom is -0.507 e. The Morgan fingerprint density at radius 3 is 2.11 bits per heavy atom. The van der Waals surface area contributed by atoms with E-state index in [1.165, 1.54) is 25.3 Å². The van der Waals surface area contributed by atoms with Gasteiger partial charge in [-0.2, -0.15) is 0 Å². The number of carboxylic acids is 2. The largest absolute Gasteiger partial charge is 0.507 e. The lowest BCUT2D eigenvalue weighted by Gasteiger charge is -2.06. The van der Waals surface area contributed by atoms with E-state index in [-0.39, 0.29) is 17.0 Å². The van der Waals surface area contributed by atoms with Gasteiger partial charge in [0.1, 0.15) is 11.3 Å². The van der Waals surface area contributed by atoms with Crippen molar-refractivity contribution in [2.24, 2.45) is 0 Å². The van der Waals surface area contributed by atoms with Crippen molar-refractivity contribution in [1.82, 2.24) is 0 Å². The van der Waals surface area contributed by atoms with Crippen LogP contribution in [-0.4, -0.2) is 46.2 Å². The van der Waals surface area contributed by atoms with E-state index in [9.17, 15) is 24.3 Å². The Morgan fingerprint density at radius 2 is 1.70 bits per heavy atom. The second-order valence-electron chi connectivity index (χ2n) is 4.96. The van der Waals surface area contributed by atoms with Gasteiger partial charge in [0.05, 0.1) is 12.7 Å². The van der Waals surface area contributed by atoms with Gasteiger partial charge in [0.2, 0.25) is 0 Å². The van der Waals surface area contributed by atoms with Gasteiger partial charge in [-0.25, -0.2) is 14.4 Å². The molecular formula is C18H19NO8. The number of rotatable bonds is 6. The normalized spacial score (nSPS) is 9.56. The van der Waals surface area contributed by atoms with Gasteiger partial charge in [-0.3, -0.25) is 4.79 Å². The van der Waals surface area contributed by atoms with Crippen molar-refractivity contribution in [3.8, 4) is 5.75 Å². The molecule has 0 fully saturated rings. The molecule has 1 rings (SSSR count). The van der Waals surface area contributed by atoms with Crippen LogP contribution in [0, 0.1) is 0 Å². The Balaban J connectivity index is 0.000000541. The predicted molar refractivity (Wildman–Crippen MR) is 96.4 cm³/mol. The minimum absolute atomic E-state index is 0.00917. The zero-order valence-corrected chi connectivity index (χ0v) is 14.7. The highest BCUT2D eigenvalue weighted by Gasteiger charge is 2.10. The SMILES string of the molecule is C=C(C)C(=O)Nc1ccc(C(=O)O)c(O)c1.C=C(C=CC(=O)O)C(=O)OC. The highest BCUT2D eigenvalue weighted by molar-refractivity contribution is 6.03. The summed E-state index contributed by atoms with van der Waals surface area (Å²) in [6.07, 6.45) is 1.90. The molecule has 0 bridgehead atoms. The lowest BCUT2D eigenvalue weighted by molar-refractivity contribution is -0.135. The number of carboxylic acid groups (broad SMARTS) is 2. The highest BCUT2D eigenvalue weighted by Crippen LogP contribution is 2.22. The third-order valence-electron chi connectivity index (χ3n) is 2.75. The summed E-state index contributed by atoms with van der Waals surface area (Å²) in [5.41, 5.74) is 0.431. The van der Waals surface area contributed by atoms with Crippen LogP contribution in [0.25, 0.3) is 0 Å². The Bertz CT molecular complexity index is 808. The van der Waals surface area contributed by atoms with Gasteiger partial charge in [-0.15, -0.1) is 0 Å². The lowest BCUT2D eigenvalue weighted by Crippen LogP contribution is -2.11. The molecule has 144 valence electrons. The van der Waals surface area contributed by atoms with Gasteiger partial charge in [-0.05, 0) is 25.1 Å². The monoisotopic (exact) mass is 377 g/mol. The molecule has 0 spiro atoms. The summed E-state index contributed by atoms with van der Waals surface area (Å²) in [5, 5.41) is 28.6. The summed E-state index contributed by atoms with van der Waals surface area (Å²) in [7, 11) is 1.20. The van der Waals surface area contributed by atoms with E-state index in [1.54, 1.807) is 6.92 Å². The number of carbonyl (C=O) groups is 4. The molecule has 0 aliphatic heterocycles. The lowest BCUT2D eigenvalue weighted by atomic mass is 10.2. The Morgan fingerprint density at radius 1 is 1.11 bits per heavy atom. The van der Waals surface area contributed by atoms with Crippen molar-refractivity contribution in [3.63, 3.8) is 0 Å². The first-order chi connectivity index (χ1) is 12.5. The third kappa shape index (κ3) is 8.68. The van der Waals surface area contributed by atoms with Crippen molar-refractivity contribution in [2.45, 2.75) is 6.92 Å². The maximum Gasteiger partial charge on any atom is 0.339 e. The number of aromatic hydroxyl groups is 1. The van der Waals surface area contributed by atoms with E-state index in [0.717, 1.165) is 12.2 Å². The van der Waals surface area contributed by atoms with Crippen LogP contribution in [-0.2, 0) is 19.1 Å². The number of anilines is 1. The number of ether oxygens (including phenoxy) is 1. The standard InChI is InChI=1S/C11H11NO4.C7H8O4/c1-6(2)10(14)12-7-3-4-8(11(15)16)9(13)5-7;1-5(7(10)11-2)3-4-6(8)9/h3-5,13H,1H2,2H3,(H,12,14)(H,15,16);3-4H,1H2,2H3,(H,8,9). The summed E-state index contributed by atoms with van der Waals surface area (Å²) in [6, 6.07) is 3.78. The molecule has 0 aliphatic carbocycles. The van der Waals surface area contributed by atoms with E-state index in [0.29, 0.717) is 11.3 Å². The van der Waals surface area contributed by atoms with Gasteiger partial charge in [-0.1, -0.05) is 13.2 Å². The van der Waals surface area contributed by atoms with E-state index >= 15 is 0 Å². The summed E-state index contributed by atoms with van der Waals surface area (Å²) in [4.78, 5) is 42.3. The molecule has 1 amide bonds. The summed E-state index contributed by atoms with van der Waals surface area (Å²) >= 11 is 0. The molecule has 4 N–H and O–H groups in total. The molecule has 0 aromatic heterocycles.